The molecule has 1 aliphatic rings. The fourth-order valence-electron chi connectivity index (χ4n) is 2.27. The highest BCUT2D eigenvalue weighted by Crippen LogP contribution is 2.18. The van der Waals surface area contributed by atoms with Crippen molar-refractivity contribution in [3.63, 3.8) is 0 Å². The summed E-state index contributed by atoms with van der Waals surface area (Å²) in [6.07, 6.45) is 4.40. The number of halogens is 1. The van der Waals surface area contributed by atoms with E-state index in [4.69, 9.17) is 0 Å². The molecule has 0 aromatic carbocycles. The zero-order valence-corrected chi connectivity index (χ0v) is 12.1. The molecule has 104 valence electrons. The number of nitrogens with zero attached hydrogens (tertiary/aromatic N) is 1. The lowest BCUT2D eigenvalue weighted by Gasteiger charge is -2.26. The molecule has 5 nitrogen and oxygen atoms in total. The second kappa shape index (κ2) is 6.34. The van der Waals surface area contributed by atoms with Crippen LogP contribution in [-0.2, 0) is 11.3 Å². The molecule has 0 radical (unpaired) electrons. The maximum atomic E-state index is 11.9. The molecule has 0 unspecified atom stereocenters. The summed E-state index contributed by atoms with van der Waals surface area (Å²) in [6.45, 7) is 0.0251. The Bertz CT molecular complexity index is 507. The number of aromatic nitrogens is 1. The van der Waals surface area contributed by atoms with Gasteiger partial charge in [-0.3, -0.25) is 9.59 Å². The molecule has 1 amide bonds. The normalized spacial score (nSPS) is 23.1. The molecule has 0 spiro atoms. The van der Waals surface area contributed by atoms with Gasteiger partial charge in [0.25, 0.3) is 5.56 Å². The van der Waals surface area contributed by atoms with E-state index in [-0.39, 0.29) is 30.2 Å². The number of pyridine rings is 1. The minimum atomic E-state index is -0.235. The van der Waals surface area contributed by atoms with Gasteiger partial charge >= 0.3 is 0 Å². The quantitative estimate of drug-likeness (QED) is 0.870. The van der Waals surface area contributed by atoms with Gasteiger partial charge in [0.05, 0.1) is 6.10 Å². The summed E-state index contributed by atoms with van der Waals surface area (Å²) in [5, 5.41) is 12.3. The summed E-state index contributed by atoms with van der Waals surface area (Å²) in [5.74, 6) is -0.165. The number of carbonyl (C=O) groups excluding carboxylic acids is 1. The van der Waals surface area contributed by atoms with Gasteiger partial charge in [0.1, 0.15) is 6.54 Å². The molecule has 1 fully saturated rings. The van der Waals surface area contributed by atoms with Crippen molar-refractivity contribution in [2.75, 3.05) is 0 Å². The smallest absolute Gasteiger partial charge is 0.251 e. The zero-order valence-electron chi connectivity index (χ0n) is 10.5. The van der Waals surface area contributed by atoms with Crippen LogP contribution in [-0.4, -0.2) is 27.7 Å². The Morgan fingerprint density at radius 2 is 2.05 bits per heavy atom. The fourth-order valence-corrected chi connectivity index (χ4v) is 2.65. The first kappa shape index (κ1) is 14.3. The molecule has 1 aliphatic carbocycles. The van der Waals surface area contributed by atoms with Gasteiger partial charge in [0.2, 0.25) is 5.91 Å². The third-order valence-corrected chi connectivity index (χ3v) is 3.79. The molecule has 2 rings (SSSR count). The monoisotopic (exact) mass is 328 g/mol. The average molecular weight is 329 g/mol. The molecule has 0 atom stereocenters. The standard InChI is InChI=1S/C13H17BrN2O3/c14-9-1-6-13(19)16(7-9)8-12(18)15-10-2-4-11(17)5-3-10/h1,6-7,10-11,17H,2-5,8H2,(H,15,18). The van der Waals surface area contributed by atoms with Crippen LogP contribution in [0, 0.1) is 0 Å². The number of amides is 1. The zero-order chi connectivity index (χ0) is 13.8. The van der Waals surface area contributed by atoms with Crippen LogP contribution in [0.5, 0.6) is 0 Å². The van der Waals surface area contributed by atoms with Gasteiger partial charge in [-0.05, 0) is 47.7 Å². The summed E-state index contributed by atoms with van der Waals surface area (Å²) in [7, 11) is 0. The predicted octanol–water partition coefficient (Wildman–Crippen LogP) is 1.03. The van der Waals surface area contributed by atoms with Crippen LogP contribution >= 0.6 is 15.9 Å². The van der Waals surface area contributed by atoms with Gasteiger partial charge in [-0.2, -0.15) is 0 Å². The molecular weight excluding hydrogens is 312 g/mol. The van der Waals surface area contributed by atoms with E-state index in [0.717, 1.165) is 30.2 Å². The molecule has 0 bridgehead atoms. The van der Waals surface area contributed by atoms with E-state index in [1.807, 2.05) is 0 Å². The molecule has 2 N–H and O–H groups in total. The Kier molecular flexibility index (Phi) is 4.76. The molecule has 6 heteroatoms. The van der Waals surface area contributed by atoms with Crippen molar-refractivity contribution >= 4 is 21.8 Å². The molecule has 1 heterocycles. The van der Waals surface area contributed by atoms with Crippen LogP contribution in [0.25, 0.3) is 0 Å². The number of hydrogen-bond donors (Lipinski definition) is 2. The summed E-state index contributed by atoms with van der Waals surface area (Å²) in [4.78, 5) is 23.4. The van der Waals surface area contributed by atoms with Crippen molar-refractivity contribution in [3.8, 4) is 0 Å². The molecular formula is C13H17BrN2O3. The van der Waals surface area contributed by atoms with Crippen LogP contribution in [0.2, 0.25) is 0 Å². The Labute approximate surface area is 119 Å². The lowest BCUT2D eigenvalue weighted by atomic mass is 9.93. The third-order valence-electron chi connectivity index (χ3n) is 3.32. The summed E-state index contributed by atoms with van der Waals surface area (Å²) >= 11 is 3.27. The van der Waals surface area contributed by atoms with E-state index < -0.39 is 0 Å². The second-order valence-corrected chi connectivity index (χ2v) is 5.80. The van der Waals surface area contributed by atoms with Gasteiger partial charge in [0.15, 0.2) is 0 Å². The number of aliphatic hydroxyl groups is 1. The Morgan fingerprint density at radius 1 is 1.37 bits per heavy atom. The van der Waals surface area contributed by atoms with Crippen LogP contribution in [0.4, 0.5) is 0 Å². The first-order valence-electron chi connectivity index (χ1n) is 6.38. The average Bonchev–Trinajstić information content (AvgIpc) is 2.37. The highest BCUT2D eigenvalue weighted by atomic mass is 79.9. The molecule has 0 aliphatic heterocycles. The van der Waals surface area contributed by atoms with Crippen LogP contribution in [0.15, 0.2) is 27.6 Å². The van der Waals surface area contributed by atoms with Crippen molar-refractivity contribution in [2.45, 2.75) is 44.4 Å². The van der Waals surface area contributed by atoms with Crippen LogP contribution in [0.1, 0.15) is 25.7 Å². The lowest BCUT2D eigenvalue weighted by molar-refractivity contribution is -0.122. The number of carbonyl (C=O) groups is 1. The number of hydrogen-bond acceptors (Lipinski definition) is 3. The summed E-state index contributed by atoms with van der Waals surface area (Å²) in [6, 6.07) is 3.19. The first-order chi connectivity index (χ1) is 9.04. The van der Waals surface area contributed by atoms with Gasteiger partial charge in [-0.1, -0.05) is 0 Å². The molecule has 19 heavy (non-hydrogen) atoms. The highest BCUT2D eigenvalue weighted by molar-refractivity contribution is 9.10. The number of nitrogens with one attached hydrogen (secondary N) is 1. The van der Waals surface area contributed by atoms with Crippen LogP contribution in [0.3, 0.4) is 0 Å². The molecule has 1 aromatic heterocycles. The maximum absolute atomic E-state index is 11.9. The van der Waals surface area contributed by atoms with Gasteiger partial charge in [-0.15, -0.1) is 0 Å². The highest BCUT2D eigenvalue weighted by Gasteiger charge is 2.20. The van der Waals surface area contributed by atoms with Crippen LogP contribution < -0.4 is 10.9 Å². The van der Waals surface area contributed by atoms with Gasteiger partial charge in [-0.25, -0.2) is 0 Å². The number of aliphatic hydroxyl groups excluding tert-OH is 1. The largest absolute Gasteiger partial charge is 0.393 e. The SMILES string of the molecule is O=C(Cn1cc(Br)ccc1=O)NC1CCC(O)CC1. The van der Waals surface area contributed by atoms with E-state index >= 15 is 0 Å². The Balaban J connectivity index is 1.90. The minimum absolute atomic E-state index is 0.0251. The van der Waals surface area contributed by atoms with Crippen molar-refractivity contribution in [1.82, 2.24) is 9.88 Å². The van der Waals surface area contributed by atoms with Crippen molar-refractivity contribution in [1.29, 1.82) is 0 Å². The summed E-state index contributed by atoms with van der Waals surface area (Å²) in [5.41, 5.74) is -0.197. The van der Waals surface area contributed by atoms with Gasteiger partial charge < -0.3 is 15.0 Å². The predicted molar refractivity (Wildman–Crippen MR) is 74.8 cm³/mol. The summed E-state index contributed by atoms with van der Waals surface area (Å²) < 4.78 is 2.14. The fraction of sp³-hybridized carbons (Fsp3) is 0.538. The van der Waals surface area contributed by atoms with E-state index in [2.05, 4.69) is 21.2 Å². The number of rotatable bonds is 3. The van der Waals surface area contributed by atoms with E-state index in [1.54, 1.807) is 12.3 Å². The van der Waals surface area contributed by atoms with Crippen molar-refractivity contribution < 1.29 is 9.90 Å². The third kappa shape index (κ3) is 4.18. The molecule has 1 aromatic rings. The topological polar surface area (TPSA) is 71.3 Å². The van der Waals surface area contributed by atoms with E-state index in [9.17, 15) is 14.7 Å². The van der Waals surface area contributed by atoms with Gasteiger partial charge in [0, 0.05) is 22.8 Å². The minimum Gasteiger partial charge on any atom is -0.393 e. The van der Waals surface area contributed by atoms with Crippen molar-refractivity contribution in [2.24, 2.45) is 0 Å². The Hall–Kier alpha value is -1.14. The van der Waals surface area contributed by atoms with E-state index in [1.165, 1.54) is 10.6 Å². The molecule has 1 saturated carbocycles. The molecule has 0 saturated heterocycles. The first-order valence-corrected chi connectivity index (χ1v) is 7.17. The Morgan fingerprint density at radius 3 is 2.74 bits per heavy atom. The van der Waals surface area contributed by atoms with E-state index in [0.29, 0.717) is 0 Å². The maximum Gasteiger partial charge on any atom is 0.251 e. The van der Waals surface area contributed by atoms with Crippen molar-refractivity contribution in [3.05, 3.63) is 33.2 Å². The lowest BCUT2D eigenvalue weighted by Crippen LogP contribution is -2.41. The second-order valence-electron chi connectivity index (χ2n) is 4.89.